The predicted molar refractivity (Wildman–Crippen MR) is 122 cm³/mol. The molecule has 2 aliphatic heterocycles. The first-order chi connectivity index (χ1) is 15.6. The number of rotatable bonds is 3. The van der Waals surface area contributed by atoms with Gasteiger partial charge in [-0.15, -0.1) is 0 Å². The molecule has 2 N–H and O–H groups in total. The smallest absolute Gasteiger partial charge is 0.326 e. The summed E-state index contributed by atoms with van der Waals surface area (Å²) in [4.78, 5) is 33.8. The highest BCUT2D eigenvalue weighted by Crippen LogP contribution is 2.48. The molecule has 8 heteroatoms. The van der Waals surface area contributed by atoms with Gasteiger partial charge in [-0.05, 0) is 48.0 Å². The number of fused-ring (bicyclic) bond motifs is 3. The van der Waals surface area contributed by atoms with E-state index in [1.54, 1.807) is 52.4 Å². The van der Waals surface area contributed by atoms with Crippen LogP contribution in [0.2, 0.25) is 5.02 Å². The molecule has 0 unspecified atom stereocenters. The topological polar surface area (TPSA) is 85.8 Å². The zero-order valence-corrected chi connectivity index (χ0v) is 17.8. The van der Waals surface area contributed by atoms with Gasteiger partial charge in [0.1, 0.15) is 0 Å². The van der Waals surface area contributed by atoms with Gasteiger partial charge in [-0.3, -0.25) is 14.7 Å². The van der Waals surface area contributed by atoms with E-state index in [0.29, 0.717) is 22.8 Å². The van der Waals surface area contributed by atoms with Crippen LogP contribution in [0.1, 0.15) is 21.8 Å². The van der Waals surface area contributed by atoms with E-state index in [4.69, 9.17) is 11.6 Å². The molecule has 1 aromatic heterocycles. The highest BCUT2D eigenvalue weighted by molar-refractivity contribution is 6.30. The molecule has 162 valence electrons. The number of nitrogens with zero attached hydrogens (tertiary/aromatic N) is 3. The third-order valence-corrected chi connectivity index (χ3v) is 6.42. The molecule has 5 rings (SSSR count). The second-order valence-corrected chi connectivity index (χ2v) is 8.34. The zero-order chi connectivity index (χ0) is 22.2. The van der Waals surface area contributed by atoms with Gasteiger partial charge < -0.3 is 15.3 Å². The number of urea groups is 1. The van der Waals surface area contributed by atoms with Gasteiger partial charge in [0.15, 0.2) is 0 Å². The van der Waals surface area contributed by atoms with E-state index in [-0.39, 0.29) is 36.5 Å². The predicted octanol–water partition coefficient (Wildman–Crippen LogP) is 3.76. The van der Waals surface area contributed by atoms with Gasteiger partial charge in [-0.2, -0.15) is 0 Å². The summed E-state index contributed by atoms with van der Waals surface area (Å²) in [6.07, 6.45) is 3.13. The number of nitrogens with one attached hydrogen (secondary N) is 1. The normalized spacial score (nSPS) is 21.2. The van der Waals surface area contributed by atoms with Crippen LogP contribution in [0.3, 0.4) is 0 Å². The maximum absolute atomic E-state index is 13.2. The minimum Gasteiger partial charge on any atom is -0.394 e. The Morgan fingerprint density at radius 1 is 1.09 bits per heavy atom. The molecule has 3 atom stereocenters. The lowest BCUT2D eigenvalue weighted by Crippen LogP contribution is -2.71. The van der Waals surface area contributed by atoms with Crippen LogP contribution in [-0.2, 0) is 0 Å². The van der Waals surface area contributed by atoms with E-state index >= 15 is 0 Å². The number of aliphatic hydroxyl groups is 1. The van der Waals surface area contributed by atoms with Crippen LogP contribution in [0, 0.1) is 0 Å². The number of para-hydroxylation sites is 1. The number of benzene rings is 2. The van der Waals surface area contributed by atoms with Gasteiger partial charge in [0.25, 0.3) is 5.91 Å². The fourth-order valence-corrected chi connectivity index (χ4v) is 4.85. The fourth-order valence-electron chi connectivity index (χ4n) is 4.72. The number of carbonyl (C=O) groups is 2. The summed E-state index contributed by atoms with van der Waals surface area (Å²) in [5, 5.41) is 13.6. The Morgan fingerprint density at radius 3 is 2.59 bits per heavy atom. The van der Waals surface area contributed by atoms with Crippen LogP contribution in [0.4, 0.5) is 16.2 Å². The number of anilines is 2. The average molecular weight is 449 g/mol. The third kappa shape index (κ3) is 3.39. The summed E-state index contributed by atoms with van der Waals surface area (Å²) in [5.41, 5.74) is 2.82. The van der Waals surface area contributed by atoms with Crippen molar-refractivity contribution in [3.8, 4) is 0 Å². The maximum Gasteiger partial charge on any atom is 0.326 e. The molecule has 1 fully saturated rings. The van der Waals surface area contributed by atoms with Crippen molar-refractivity contribution in [3.05, 3.63) is 89.2 Å². The fraction of sp³-hybridized carbons (Fsp3) is 0.208. The lowest BCUT2D eigenvalue weighted by molar-refractivity contribution is -0.0241. The Balaban J connectivity index is 1.46. The number of carbonyl (C=O) groups excluding carboxylic acids is 2. The first-order valence-electron chi connectivity index (χ1n) is 10.3. The van der Waals surface area contributed by atoms with Gasteiger partial charge >= 0.3 is 6.03 Å². The Labute approximate surface area is 190 Å². The number of hydrogen-bond donors (Lipinski definition) is 2. The van der Waals surface area contributed by atoms with Crippen LogP contribution in [0.15, 0.2) is 73.1 Å². The summed E-state index contributed by atoms with van der Waals surface area (Å²) in [7, 11) is 0. The van der Waals surface area contributed by atoms with Crippen molar-refractivity contribution >= 4 is 34.9 Å². The van der Waals surface area contributed by atoms with Crippen LogP contribution in [0.25, 0.3) is 0 Å². The number of pyridine rings is 1. The molecule has 3 amide bonds. The van der Waals surface area contributed by atoms with Crippen LogP contribution in [0.5, 0.6) is 0 Å². The van der Waals surface area contributed by atoms with E-state index in [2.05, 4.69) is 10.3 Å². The van der Waals surface area contributed by atoms with Gasteiger partial charge in [0.2, 0.25) is 0 Å². The van der Waals surface area contributed by atoms with Crippen molar-refractivity contribution in [1.82, 2.24) is 9.88 Å². The number of likely N-dealkylation sites (tertiary alicyclic amines) is 1. The highest BCUT2D eigenvalue weighted by atomic mass is 35.5. The van der Waals surface area contributed by atoms with Crippen LogP contribution >= 0.6 is 11.6 Å². The zero-order valence-electron chi connectivity index (χ0n) is 17.1. The average Bonchev–Trinajstić information content (AvgIpc) is 2.81. The van der Waals surface area contributed by atoms with Crippen molar-refractivity contribution in [2.24, 2.45) is 0 Å². The number of aliphatic hydroxyl groups excluding tert-OH is 1. The van der Waals surface area contributed by atoms with E-state index in [1.807, 2.05) is 24.3 Å². The summed E-state index contributed by atoms with van der Waals surface area (Å²) < 4.78 is 0. The minimum atomic E-state index is -0.352. The van der Waals surface area contributed by atoms with Crippen LogP contribution in [-0.4, -0.2) is 52.2 Å². The van der Waals surface area contributed by atoms with E-state index in [1.165, 1.54) is 6.20 Å². The SMILES string of the molecule is O=C(Nc1ccc(Cl)cc1)N1C[C@H]2[C@@H](c3ccccc31)[C@@H](CO)N2C(=O)c1cccnc1. The molecule has 0 spiro atoms. The van der Waals surface area contributed by atoms with E-state index in [0.717, 1.165) is 11.3 Å². The lowest BCUT2D eigenvalue weighted by atomic mass is 9.71. The standard InChI is InChI=1S/C24H21ClN4O3/c25-16-7-9-17(10-8-16)27-24(32)28-13-20-22(18-5-1-2-6-19(18)28)21(14-30)29(20)23(31)15-4-3-11-26-12-15/h1-12,20-22,30H,13-14H2,(H,27,32)/t20-,21+,22+/m0/s1. The Kier molecular flexibility index (Phi) is 5.28. The highest BCUT2D eigenvalue weighted by Gasteiger charge is 2.55. The maximum atomic E-state index is 13.2. The first-order valence-corrected chi connectivity index (χ1v) is 10.7. The molecule has 2 aliphatic rings. The molecule has 0 aliphatic carbocycles. The Hall–Kier alpha value is -3.42. The van der Waals surface area contributed by atoms with Gasteiger partial charge in [-0.1, -0.05) is 29.8 Å². The number of amides is 3. The van der Waals surface area contributed by atoms with Crippen molar-refractivity contribution in [2.75, 3.05) is 23.4 Å². The molecule has 3 heterocycles. The third-order valence-electron chi connectivity index (χ3n) is 6.17. The van der Waals surface area contributed by atoms with Crippen molar-refractivity contribution in [2.45, 2.75) is 18.0 Å². The van der Waals surface area contributed by atoms with Crippen LogP contribution < -0.4 is 10.2 Å². The number of hydrogen-bond acceptors (Lipinski definition) is 4. The minimum absolute atomic E-state index is 0.0450. The first kappa shape index (κ1) is 20.5. The molecular weight excluding hydrogens is 428 g/mol. The largest absolute Gasteiger partial charge is 0.394 e. The quantitative estimate of drug-likeness (QED) is 0.639. The molecule has 7 nitrogen and oxygen atoms in total. The molecule has 1 saturated heterocycles. The molecule has 2 aromatic carbocycles. The second-order valence-electron chi connectivity index (χ2n) is 7.90. The van der Waals surface area contributed by atoms with Crippen molar-refractivity contribution < 1.29 is 14.7 Å². The molecule has 3 aromatic rings. The Morgan fingerprint density at radius 2 is 1.88 bits per heavy atom. The molecule has 0 radical (unpaired) electrons. The van der Waals surface area contributed by atoms with Gasteiger partial charge in [0.05, 0.1) is 24.3 Å². The lowest BCUT2D eigenvalue weighted by Gasteiger charge is -2.58. The Bertz CT molecular complexity index is 1160. The number of aromatic nitrogens is 1. The summed E-state index contributed by atoms with van der Waals surface area (Å²) in [5.74, 6) is -0.243. The van der Waals surface area contributed by atoms with Crippen molar-refractivity contribution in [3.63, 3.8) is 0 Å². The summed E-state index contributed by atoms with van der Waals surface area (Å²) >= 11 is 5.94. The molecule has 32 heavy (non-hydrogen) atoms. The second kappa shape index (κ2) is 8.26. The summed E-state index contributed by atoms with van der Waals surface area (Å²) in [6, 6.07) is 17.1. The summed E-state index contributed by atoms with van der Waals surface area (Å²) in [6.45, 7) is 0.169. The van der Waals surface area contributed by atoms with Gasteiger partial charge in [-0.25, -0.2) is 4.79 Å². The molecule has 0 bridgehead atoms. The van der Waals surface area contributed by atoms with E-state index < -0.39 is 0 Å². The van der Waals surface area contributed by atoms with E-state index in [9.17, 15) is 14.7 Å². The monoisotopic (exact) mass is 448 g/mol. The molecular formula is C24H21ClN4O3. The molecule has 0 saturated carbocycles. The van der Waals surface area contributed by atoms with Crippen molar-refractivity contribution in [1.29, 1.82) is 0 Å². The van der Waals surface area contributed by atoms with Gasteiger partial charge in [0, 0.05) is 41.3 Å². The number of halogens is 1.